The van der Waals surface area contributed by atoms with Crippen LogP contribution >= 0.6 is 11.3 Å². The van der Waals surface area contributed by atoms with Crippen LogP contribution in [0.4, 0.5) is 0 Å². The third-order valence-corrected chi connectivity index (χ3v) is 4.45. The van der Waals surface area contributed by atoms with Gasteiger partial charge in [-0.25, -0.2) is 9.78 Å². The van der Waals surface area contributed by atoms with Crippen LogP contribution in [-0.4, -0.2) is 59.3 Å². The SMILES string of the molecule is CCO[C@@H](C)c1nc(CC(=O)N2CCOC[C@@H]2C(=O)O)cs1. The molecule has 1 N–H and O–H groups in total. The van der Waals surface area contributed by atoms with Crippen LogP contribution in [0.2, 0.25) is 0 Å². The molecule has 1 amide bonds. The average molecular weight is 328 g/mol. The van der Waals surface area contributed by atoms with E-state index < -0.39 is 12.0 Å². The van der Waals surface area contributed by atoms with Crippen LogP contribution in [0.3, 0.4) is 0 Å². The van der Waals surface area contributed by atoms with Crippen molar-refractivity contribution >= 4 is 23.2 Å². The second-order valence-corrected chi connectivity index (χ2v) is 5.86. The monoisotopic (exact) mass is 328 g/mol. The molecule has 0 aromatic carbocycles. The molecule has 2 atom stereocenters. The maximum absolute atomic E-state index is 12.3. The topological polar surface area (TPSA) is 89.0 Å². The van der Waals surface area contributed by atoms with E-state index in [1.54, 1.807) is 0 Å². The van der Waals surface area contributed by atoms with E-state index in [4.69, 9.17) is 14.6 Å². The van der Waals surface area contributed by atoms with Crippen molar-refractivity contribution in [1.82, 2.24) is 9.88 Å². The zero-order valence-corrected chi connectivity index (χ0v) is 13.5. The molecule has 1 aliphatic rings. The summed E-state index contributed by atoms with van der Waals surface area (Å²) in [4.78, 5) is 29.3. The Morgan fingerprint density at radius 2 is 2.41 bits per heavy atom. The molecule has 1 fully saturated rings. The first-order valence-corrected chi connectivity index (χ1v) is 8.06. The fraction of sp³-hybridized carbons (Fsp3) is 0.643. The Balaban J connectivity index is 2.00. The number of carboxylic acid groups (broad SMARTS) is 1. The van der Waals surface area contributed by atoms with Gasteiger partial charge < -0.3 is 19.5 Å². The number of carbonyl (C=O) groups excluding carboxylic acids is 1. The predicted molar refractivity (Wildman–Crippen MR) is 79.8 cm³/mol. The molecule has 1 aromatic rings. The van der Waals surface area contributed by atoms with Crippen molar-refractivity contribution in [3.05, 3.63) is 16.1 Å². The molecule has 0 aliphatic carbocycles. The minimum atomic E-state index is -1.04. The number of carbonyl (C=O) groups is 2. The molecule has 0 bridgehead atoms. The van der Waals surface area contributed by atoms with Crippen LogP contribution in [0, 0.1) is 0 Å². The van der Waals surface area contributed by atoms with Crippen LogP contribution in [0.1, 0.15) is 30.7 Å². The first-order chi connectivity index (χ1) is 10.5. The maximum Gasteiger partial charge on any atom is 0.328 e. The molecular formula is C14H20N2O5S. The molecule has 1 aromatic heterocycles. The fourth-order valence-electron chi connectivity index (χ4n) is 2.28. The molecule has 2 rings (SSSR count). The Hall–Kier alpha value is -1.51. The largest absolute Gasteiger partial charge is 0.480 e. The Kier molecular flexibility index (Phi) is 5.87. The number of morpholine rings is 1. The summed E-state index contributed by atoms with van der Waals surface area (Å²) in [6.07, 6.45) is -0.00642. The van der Waals surface area contributed by atoms with Crippen molar-refractivity contribution in [3.8, 4) is 0 Å². The summed E-state index contributed by atoms with van der Waals surface area (Å²) < 4.78 is 10.6. The summed E-state index contributed by atoms with van der Waals surface area (Å²) in [5, 5.41) is 11.8. The molecule has 0 radical (unpaired) electrons. The number of nitrogens with zero attached hydrogens (tertiary/aromatic N) is 2. The highest BCUT2D eigenvalue weighted by atomic mass is 32.1. The fourth-order valence-corrected chi connectivity index (χ4v) is 3.10. The standard InChI is InChI=1S/C14H20N2O5S/c1-3-21-9(2)13-15-10(8-22-13)6-12(17)16-4-5-20-7-11(16)14(18)19/h8-9,11H,3-7H2,1-2H3,(H,18,19)/t9-,11+/m0/s1. The van der Waals surface area contributed by atoms with E-state index >= 15 is 0 Å². The normalized spacial score (nSPS) is 19.9. The van der Waals surface area contributed by atoms with Crippen LogP contribution in [0.5, 0.6) is 0 Å². The van der Waals surface area contributed by atoms with Crippen LogP contribution in [-0.2, 0) is 25.5 Å². The summed E-state index contributed by atoms with van der Waals surface area (Å²) in [7, 11) is 0. The van der Waals surface area contributed by atoms with Gasteiger partial charge in [0.1, 0.15) is 11.1 Å². The van der Waals surface area contributed by atoms with Gasteiger partial charge in [-0.3, -0.25) is 4.79 Å². The summed E-state index contributed by atoms with van der Waals surface area (Å²) in [5.74, 6) is -1.28. The van der Waals surface area contributed by atoms with Gasteiger partial charge in [0.2, 0.25) is 5.91 Å². The van der Waals surface area contributed by atoms with Gasteiger partial charge in [-0.05, 0) is 13.8 Å². The van der Waals surface area contributed by atoms with E-state index in [0.717, 1.165) is 5.01 Å². The van der Waals surface area contributed by atoms with E-state index in [1.165, 1.54) is 16.2 Å². The van der Waals surface area contributed by atoms with E-state index in [2.05, 4.69) is 4.98 Å². The lowest BCUT2D eigenvalue weighted by Gasteiger charge is -2.32. The van der Waals surface area contributed by atoms with E-state index in [-0.39, 0.29) is 25.0 Å². The molecule has 0 saturated carbocycles. The Labute approximate surface area is 132 Å². The van der Waals surface area contributed by atoms with Gasteiger partial charge in [0.25, 0.3) is 0 Å². The summed E-state index contributed by atoms with van der Waals surface area (Å²) in [5.41, 5.74) is 0.646. The minimum absolute atomic E-state index is 0.0325. The van der Waals surface area contributed by atoms with Crippen molar-refractivity contribution in [2.24, 2.45) is 0 Å². The van der Waals surface area contributed by atoms with E-state index in [9.17, 15) is 9.59 Å². The Morgan fingerprint density at radius 1 is 1.64 bits per heavy atom. The van der Waals surface area contributed by atoms with Crippen molar-refractivity contribution in [2.45, 2.75) is 32.4 Å². The van der Waals surface area contributed by atoms with Gasteiger partial charge in [0.15, 0.2) is 6.04 Å². The number of aliphatic carboxylic acids is 1. The van der Waals surface area contributed by atoms with Gasteiger partial charge in [0, 0.05) is 18.5 Å². The summed E-state index contributed by atoms with van der Waals surface area (Å²) in [6, 6.07) is -0.915. The molecule has 2 heterocycles. The quantitative estimate of drug-likeness (QED) is 0.841. The molecule has 22 heavy (non-hydrogen) atoms. The Bertz CT molecular complexity index is 533. The maximum atomic E-state index is 12.3. The van der Waals surface area contributed by atoms with E-state index in [0.29, 0.717) is 25.5 Å². The number of thiazole rings is 1. The Morgan fingerprint density at radius 3 is 3.09 bits per heavy atom. The van der Waals surface area contributed by atoms with Gasteiger partial charge in [0.05, 0.1) is 25.3 Å². The third kappa shape index (κ3) is 4.02. The number of hydrogen-bond donors (Lipinski definition) is 1. The van der Waals surface area contributed by atoms with Crippen molar-refractivity contribution in [3.63, 3.8) is 0 Å². The van der Waals surface area contributed by atoms with Gasteiger partial charge in [-0.15, -0.1) is 11.3 Å². The number of carboxylic acids is 1. The van der Waals surface area contributed by atoms with E-state index in [1.807, 2.05) is 19.2 Å². The average Bonchev–Trinajstić information content (AvgIpc) is 2.96. The summed E-state index contributed by atoms with van der Waals surface area (Å²) in [6.45, 7) is 5.12. The van der Waals surface area contributed by atoms with Gasteiger partial charge in [-0.2, -0.15) is 0 Å². The number of rotatable bonds is 6. The van der Waals surface area contributed by atoms with Crippen LogP contribution in [0.25, 0.3) is 0 Å². The molecule has 1 aliphatic heterocycles. The molecule has 8 heteroatoms. The lowest BCUT2D eigenvalue weighted by Crippen LogP contribution is -2.53. The molecule has 122 valence electrons. The highest BCUT2D eigenvalue weighted by Gasteiger charge is 2.32. The lowest BCUT2D eigenvalue weighted by atomic mass is 10.2. The van der Waals surface area contributed by atoms with Crippen molar-refractivity contribution in [2.75, 3.05) is 26.4 Å². The second-order valence-electron chi connectivity index (χ2n) is 4.97. The molecule has 7 nitrogen and oxygen atoms in total. The van der Waals surface area contributed by atoms with Crippen molar-refractivity contribution in [1.29, 1.82) is 0 Å². The first-order valence-electron chi connectivity index (χ1n) is 7.18. The number of aromatic nitrogens is 1. The number of ether oxygens (including phenoxy) is 2. The molecular weight excluding hydrogens is 308 g/mol. The summed E-state index contributed by atoms with van der Waals surface area (Å²) >= 11 is 1.45. The van der Waals surface area contributed by atoms with Gasteiger partial charge >= 0.3 is 5.97 Å². The smallest absolute Gasteiger partial charge is 0.328 e. The first kappa shape index (κ1) is 16.9. The highest BCUT2D eigenvalue weighted by Crippen LogP contribution is 2.22. The highest BCUT2D eigenvalue weighted by molar-refractivity contribution is 7.09. The van der Waals surface area contributed by atoms with Crippen LogP contribution < -0.4 is 0 Å². The molecule has 0 spiro atoms. The number of amides is 1. The predicted octanol–water partition coefficient (Wildman–Crippen LogP) is 1.10. The molecule has 1 saturated heterocycles. The number of hydrogen-bond acceptors (Lipinski definition) is 6. The zero-order chi connectivity index (χ0) is 16.1. The van der Waals surface area contributed by atoms with Crippen molar-refractivity contribution < 1.29 is 24.2 Å². The van der Waals surface area contributed by atoms with Gasteiger partial charge in [-0.1, -0.05) is 0 Å². The zero-order valence-electron chi connectivity index (χ0n) is 12.7. The minimum Gasteiger partial charge on any atom is -0.480 e. The third-order valence-electron chi connectivity index (χ3n) is 3.40. The molecule has 0 unspecified atom stereocenters. The second kappa shape index (κ2) is 7.66. The lowest BCUT2D eigenvalue weighted by molar-refractivity contribution is -0.158. The van der Waals surface area contributed by atoms with Crippen LogP contribution in [0.15, 0.2) is 5.38 Å².